The van der Waals surface area contributed by atoms with Gasteiger partial charge in [-0.05, 0) is 31.6 Å². The van der Waals surface area contributed by atoms with E-state index in [0.717, 1.165) is 0 Å². The normalized spacial score (nSPS) is 24.8. The Morgan fingerprint density at radius 1 is 1.47 bits per heavy atom. The summed E-state index contributed by atoms with van der Waals surface area (Å²) in [6.45, 7) is 1.53. The van der Waals surface area contributed by atoms with E-state index < -0.39 is 18.5 Å². The molecule has 1 fully saturated rings. The smallest absolute Gasteiger partial charge is 0.343 e. The molecule has 1 aliphatic rings. The van der Waals surface area contributed by atoms with Crippen molar-refractivity contribution in [2.75, 3.05) is 0 Å². The molecule has 0 aromatic heterocycles. The Kier molecular flexibility index (Phi) is 3.61. The Balaban J connectivity index is 2.20. The second-order valence-corrected chi connectivity index (χ2v) is 3.70. The van der Waals surface area contributed by atoms with E-state index in [0.29, 0.717) is 12.8 Å². The quantitative estimate of drug-likeness (QED) is 0.705. The molecular formula is C10H12F3NO. The van der Waals surface area contributed by atoms with E-state index in [1.54, 1.807) is 0 Å². The van der Waals surface area contributed by atoms with Gasteiger partial charge in [0.1, 0.15) is 0 Å². The van der Waals surface area contributed by atoms with Gasteiger partial charge in [0.15, 0.2) is 0 Å². The van der Waals surface area contributed by atoms with Gasteiger partial charge in [-0.2, -0.15) is 13.2 Å². The maximum Gasteiger partial charge on any atom is 0.389 e. The Morgan fingerprint density at radius 3 is 2.53 bits per heavy atom. The number of carbonyl (C=O) groups is 1. The van der Waals surface area contributed by atoms with Gasteiger partial charge in [-0.1, -0.05) is 5.92 Å². The highest BCUT2D eigenvalue weighted by molar-refractivity contribution is 5.93. The second kappa shape index (κ2) is 4.56. The molecule has 0 radical (unpaired) electrons. The second-order valence-electron chi connectivity index (χ2n) is 3.70. The number of halogens is 3. The molecule has 84 valence electrons. The Morgan fingerprint density at radius 2 is 2.07 bits per heavy atom. The summed E-state index contributed by atoms with van der Waals surface area (Å²) in [5.41, 5.74) is 0. The predicted molar refractivity (Wildman–Crippen MR) is 48.8 cm³/mol. The van der Waals surface area contributed by atoms with Crippen LogP contribution in [0.4, 0.5) is 13.2 Å². The van der Waals surface area contributed by atoms with Crippen molar-refractivity contribution in [1.82, 2.24) is 5.32 Å². The van der Waals surface area contributed by atoms with Crippen LogP contribution in [0.5, 0.6) is 0 Å². The van der Waals surface area contributed by atoms with Crippen molar-refractivity contribution in [3.05, 3.63) is 0 Å². The van der Waals surface area contributed by atoms with E-state index in [1.165, 1.54) is 6.92 Å². The van der Waals surface area contributed by atoms with Crippen molar-refractivity contribution >= 4 is 5.91 Å². The first-order chi connectivity index (χ1) is 6.90. The van der Waals surface area contributed by atoms with Crippen LogP contribution in [0.2, 0.25) is 0 Å². The highest BCUT2D eigenvalue weighted by Crippen LogP contribution is 2.36. The van der Waals surface area contributed by atoms with Crippen LogP contribution >= 0.6 is 0 Å². The van der Waals surface area contributed by atoms with Crippen LogP contribution in [0.15, 0.2) is 0 Å². The predicted octanol–water partition coefficient (Wildman–Crippen LogP) is 1.86. The molecule has 0 aromatic rings. The van der Waals surface area contributed by atoms with Gasteiger partial charge in [-0.25, -0.2) is 0 Å². The van der Waals surface area contributed by atoms with Gasteiger partial charge in [0, 0.05) is 12.5 Å². The number of hydrogen-bond donors (Lipinski definition) is 1. The largest absolute Gasteiger partial charge is 0.389 e. The molecule has 1 rings (SSSR count). The topological polar surface area (TPSA) is 29.1 Å². The number of alkyl halides is 3. The third kappa shape index (κ3) is 4.24. The first-order valence-corrected chi connectivity index (χ1v) is 4.70. The van der Waals surface area contributed by atoms with Gasteiger partial charge < -0.3 is 5.32 Å². The minimum Gasteiger partial charge on any atom is -0.343 e. The fourth-order valence-corrected chi connectivity index (χ4v) is 1.68. The maximum atomic E-state index is 11.9. The Labute approximate surface area is 86.2 Å². The average molecular weight is 219 g/mol. The Bertz CT molecular complexity index is 294. The minimum atomic E-state index is -4.09. The lowest BCUT2D eigenvalue weighted by atomic mass is 9.78. The molecule has 2 nitrogen and oxygen atoms in total. The summed E-state index contributed by atoms with van der Waals surface area (Å²) >= 11 is 0. The van der Waals surface area contributed by atoms with Gasteiger partial charge >= 0.3 is 6.18 Å². The summed E-state index contributed by atoms with van der Waals surface area (Å²) in [6.07, 6.45) is -4.05. The molecule has 1 saturated carbocycles. The van der Waals surface area contributed by atoms with Gasteiger partial charge in [0.25, 0.3) is 5.91 Å². The molecule has 15 heavy (non-hydrogen) atoms. The van der Waals surface area contributed by atoms with Gasteiger partial charge in [-0.15, -0.1) is 0 Å². The van der Waals surface area contributed by atoms with E-state index in [4.69, 9.17) is 0 Å². The minimum absolute atomic E-state index is 0.134. The van der Waals surface area contributed by atoms with Gasteiger partial charge in [0.05, 0.1) is 0 Å². The summed E-state index contributed by atoms with van der Waals surface area (Å²) in [5.74, 6) is 3.96. The lowest BCUT2D eigenvalue weighted by molar-refractivity contribution is -0.151. The molecule has 0 aliphatic heterocycles. The van der Waals surface area contributed by atoms with Gasteiger partial charge in [-0.3, -0.25) is 4.79 Å². The molecule has 0 heterocycles. The molecular weight excluding hydrogens is 207 g/mol. The molecule has 0 atom stereocenters. The number of amides is 1. The lowest BCUT2D eigenvalue weighted by Gasteiger charge is -2.35. The lowest BCUT2D eigenvalue weighted by Crippen LogP contribution is -2.45. The fourth-order valence-electron chi connectivity index (χ4n) is 1.68. The van der Waals surface area contributed by atoms with Crippen LogP contribution in [0, 0.1) is 17.8 Å². The third-order valence-electron chi connectivity index (χ3n) is 2.33. The van der Waals surface area contributed by atoms with Crippen molar-refractivity contribution in [2.45, 2.75) is 38.4 Å². The summed E-state index contributed by atoms with van der Waals surface area (Å²) in [5, 5.41) is 2.55. The summed E-state index contributed by atoms with van der Waals surface area (Å²) in [6, 6.07) is -0.134. The summed E-state index contributed by atoms with van der Waals surface area (Å²) in [4.78, 5) is 10.9. The van der Waals surface area contributed by atoms with Crippen molar-refractivity contribution in [3.63, 3.8) is 0 Å². The van der Waals surface area contributed by atoms with E-state index >= 15 is 0 Å². The zero-order valence-electron chi connectivity index (χ0n) is 8.32. The third-order valence-corrected chi connectivity index (χ3v) is 2.33. The SMILES string of the molecule is CC#CC(=O)NC1CC(CC(F)(F)F)C1. The molecule has 1 N–H and O–H groups in total. The van der Waals surface area contributed by atoms with Crippen molar-refractivity contribution in [2.24, 2.45) is 5.92 Å². The maximum absolute atomic E-state index is 11.9. The monoisotopic (exact) mass is 219 g/mol. The van der Waals surface area contributed by atoms with E-state index in [9.17, 15) is 18.0 Å². The van der Waals surface area contributed by atoms with E-state index in [1.807, 2.05) is 0 Å². The van der Waals surface area contributed by atoms with Crippen molar-refractivity contribution in [1.29, 1.82) is 0 Å². The van der Waals surface area contributed by atoms with Gasteiger partial charge in [0.2, 0.25) is 0 Å². The zero-order valence-corrected chi connectivity index (χ0v) is 8.32. The molecule has 0 bridgehead atoms. The van der Waals surface area contributed by atoms with Crippen LogP contribution in [0.25, 0.3) is 0 Å². The van der Waals surface area contributed by atoms with Crippen LogP contribution < -0.4 is 5.32 Å². The standard InChI is InChI=1S/C10H12F3NO/c1-2-3-9(15)14-8-4-7(5-8)6-10(11,12)13/h7-8H,4-6H2,1H3,(H,14,15). The molecule has 0 spiro atoms. The summed E-state index contributed by atoms with van der Waals surface area (Å²) in [7, 11) is 0. The van der Waals surface area contributed by atoms with Crippen LogP contribution in [0.1, 0.15) is 26.2 Å². The number of nitrogens with one attached hydrogen (secondary N) is 1. The number of rotatable bonds is 2. The molecule has 0 unspecified atom stereocenters. The molecule has 1 aliphatic carbocycles. The number of hydrogen-bond acceptors (Lipinski definition) is 1. The number of carbonyl (C=O) groups excluding carboxylic acids is 1. The average Bonchev–Trinajstić information content (AvgIpc) is 1.98. The fraction of sp³-hybridized carbons (Fsp3) is 0.700. The first kappa shape index (κ1) is 11.9. The highest BCUT2D eigenvalue weighted by atomic mass is 19.4. The van der Waals surface area contributed by atoms with Crippen LogP contribution in [0.3, 0.4) is 0 Å². The Hall–Kier alpha value is -1.18. The molecule has 5 heteroatoms. The van der Waals surface area contributed by atoms with E-state index in [2.05, 4.69) is 17.2 Å². The van der Waals surface area contributed by atoms with Crippen LogP contribution in [-0.4, -0.2) is 18.1 Å². The van der Waals surface area contributed by atoms with E-state index in [-0.39, 0.29) is 12.0 Å². The molecule has 0 aromatic carbocycles. The molecule has 1 amide bonds. The summed E-state index contributed by atoms with van der Waals surface area (Å²) < 4.78 is 35.8. The zero-order chi connectivity index (χ0) is 11.5. The first-order valence-electron chi connectivity index (χ1n) is 4.70. The van der Waals surface area contributed by atoms with Crippen LogP contribution in [-0.2, 0) is 4.79 Å². The van der Waals surface area contributed by atoms with Crippen molar-refractivity contribution in [3.8, 4) is 11.8 Å². The molecule has 0 saturated heterocycles. The van der Waals surface area contributed by atoms with Crippen molar-refractivity contribution < 1.29 is 18.0 Å². The highest BCUT2D eigenvalue weighted by Gasteiger charge is 2.39.